The van der Waals surface area contributed by atoms with E-state index in [4.69, 9.17) is 11.5 Å². The van der Waals surface area contributed by atoms with E-state index in [2.05, 4.69) is 0 Å². The van der Waals surface area contributed by atoms with Crippen LogP contribution in [0.2, 0.25) is 0 Å². The molecule has 0 aliphatic rings. The van der Waals surface area contributed by atoms with E-state index < -0.39 is 40.8 Å². The Morgan fingerprint density at radius 3 is 2.09 bits per heavy atom. The molecule has 0 saturated carbocycles. The van der Waals surface area contributed by atoms with Crippen molar-refractivity contribution in [2.45, 2.75) is 17.9 Å². The molecule has 33 heavy (non-hydrogen) atoms. The third-order valence-electron chi connectivity index (χ3n) is 4.95. The summed E-state index contributed by atoms with van der Waals surface area (Å²) in [5, 5.41) is 20.3. The first-order chi connectivity index (χ1) is 15.6. The Morgan fingerprint density at radius 1 is 0.939 bits per heavy atom. The van der Waals surface area contributed by atoms with Crippen LogP contribution >= 0.6 is 11.8 Å². The number of aliphatic hydroxyl groups is 1. The van der Waals surface area contributed by atoms with E-state index in [1.807, 2.05) is 6.07 Å². The maximum absolute atomic E-state index is 14.2. The van der Waals surface area contributed by atoms with Crippen molar-refractivity contribution in [1.29, 1.82) is 5.26 Å². The molecule has 1 unspecified atom stereocenters. The number of benzene rings is 3. The zero-order chi connectivity index (χ0) is 24.4. The van der Waals surface area contributed by atoms with Gasteiger partial charge in [-0.05, 0) is 35.7 Å². The van der Waals surface area contributed by atoms with Crippen LogP contribution in [-0.4, -0.2) is 5.11 Å². The quantitative estimate of drug-likeness (QED) is 0.116. The van der Waals surface area contributed by atoms with Crippen LogP contribution in [0.1, 0.15) is 28.4 Å². The molecule has 0 radical (unpaired) electrons. The molecule has 0 saturated heterocycles. The summed E-state index contributed by atoms with van der Waals surface area (Å²) in [4.78, 5) is 0.581. The van der Waals surface area contributed by atoms with E-state index in [1.54, 1.807) is 24.3 Å². The minimum absolute atomic E-state index is 0.0211. The van der Waals surface area contributed by atoms with Gasteiger partial charge in [-0.2, -0.15) is 5.26 Å². The zero-order valence-corrected chi connectivity index (χ0v) is 17.8. The lowest BCUT2D eigenvalue weighted by Crippen LogP contribution is -2.14. The van der Waals surface area contributed by atoms with Crippen LogP contribution in [0.3, 0.4) is 0 Å². The molecular weight excluding hydrogens is 461 g/mol. The topological polar surface area (TPSA) is 96.1 Å². The molecule has 5 N–H and O–H groups in total. The number of hydrogen-bond acceptors (Lipinski definition) is 5. The molecule has 0 aliphatic carbocycles. The number of hydrogen-bond donors (Lipinski definition) is 3. The molecule has 3 aromatic carbocycles. The summed E-state index contributed by atoms with van der Waals surface area (Å²) < 4.78 is 69.1. The predicted octanol–water partition coefficient (Wildman–Crippen LogP) is 5.30. The SMILES string of the molecule is Cc1c(/C(C#N)=C(\N)Sc2ccccc2N)cccc1C(O)c1c(F)c(F)c(F)c(F)c1F. The maximum Gasteiger partial charge on any atom is 0.200 e. The van der Waals surface area contributed by atoms with Crippen molar-refractivity contribution < 1.29 is 27.1 Å². The Hall–Kier alpha value is -3.55. The molecule has 10 heteroatoms. The van der Waals surface area contributed by atoms with Crippen molar-refractivity contribution in [3.05, 3.63) is 98.8 Å². The fraction of sp³-hybridized carbons (Fsp3) is 0.0870. The number of nitriles is 1. The second-order valence-electron chi connectivity index (χ2n) is 6.90. The Labute approximate surface area is 189 Å². The molecule has 0 fully saturated rings. The second kappa shape index (κ2) is 9.52. The highest BCUT2D eigenvalue weighted by molar-refractivity contribution is 8.03. The summed E-state index contributed by atoms with van der Waals surface area (Å²) in [5.41, 5.74) is 11.2. The smallest absolute Gasteiger partial charge is 0.200 e. The van der Waals surface area contributed by atoms with E-state index in [0.29, 0.717) is 10.6 Å². The molecule has 0 aliphatic heterocycles. The van der Waals surface area contributed by atoms with Gasteiger partial charge < -0.3 is 16.6 Å². The van der Waals surface area contributed by atoms with Crippen LogP contribution in [0, 0.1) is 47.3 Å². The lowest BCUT2D eigenvalue weighted by atomic mass is 9.91. The number of nitrogens with two attached hydrogens (primary N) is 2. The van der Waals surface area contributed by atoms with Crippen molar-refractivity contribution in [2.75, 3.05) is 5.73 Å². The highest BCUT2D eigenvalue weighted by Gasteiger charge is 2.31. The van der Waals surface area contributed by atoms with Crippen LogP contribution in [0.25, 0.3) is 5.57 Å². The first-order valence-corrected chi connectivity index (χ1v) is 10.1. The van der Waals surface area contributed by atoms with Gasteiger partial charge in [-0.1, -0.05) is 42.1 Å². The van der Waals surface area contributed by atoms with Crippen LogP contribution in [0.15, 0.2) is 52.4 Å². The van der Waals surface area contributed by atoms with E-state index in [-0.39, 0.29) is 27.3 Å². The third kappa shape index (κ3) is 4.37. The predicted molar refractivity (Wildman–Crippen MR) is 115 cm³/mol. The van der Waals surface area contributed by atoms with Crippen LogP contribution in [-0.2, 0) is 0 Å². The molecule has 0 spiro atoms. The van der Waals surface area contributed by atoms with Crippen molar-refractivity contribution >= 4 is 23.0 Å². The minimum Gasteiger partial charge on any atom is -0.398 e. The van der Waals surface area contributed by atoms with E-state index >= 15 is 0 Å². The fourth-order valence-electron chi connectivity index (χ4n) is 3.23. The van der Waals surface area contributed by atoms with Crippen molar-refractivity contribution in [3.8, 4) is 6.07 Å². The van der Waals surface area contributed by atoms with Gasteiger partial charge in [0.25, 0.3) is 0 Å². The number of anilines is 1. The highest BCUT2D eigenvalue weighted by atomic mass is 32.2. The van der Waals surface area contributed by atoms with Gasteiger partial charge >= 0.3 is 0 Å². The van der Waals surface area contributed by atoms with E-state index in [0.717, 1.165) is 11.8 Å². The summed E-state index contributed by atoms with van der Waals surface area (Å²) in [7, 11) is 0. The molecule has 0 heterocycles. The van der Waals surface area contributed by atoms with Gasteiger partial charge in [0, 0.05) is 10.6 Å². The Kier molecular flexibility index (Phi) is 6.95. The summed E-state index contributed by atoms with van der Waals surface area (Å²) in [5.74, 6) is -11.0. The van der Waals surface area contributed by atoms with Gasteiger partial charge in [0.1, 0.15) is 12.2 Å². The normalized spacial score (nSPS) is 12.8. The highest BCUT2D eigenvalue weighted by Crippen LogP contribution is 2.37. The van der Waals surface area contributed by atoms with Gasteiger partial charge in [0.2, 0.25) is 5.82 Å². The number of rotatable bonds is 5. The largest absolute Gasteiger partial charge is 0.398 e. The summed E-state index contributed by atoms with van der Waals surface area (Å²) in [6, 6.07) is 12.8. The number of allylic oxidation sites excluding steroid dienone is 1. The fourth-order valence-corrected chi connectivity index (χ4v) is 4.06. The first-order valence-electron chi connectivity index (χ1n) is 9.31. The first kappa shape index (κ1) is 24.1. The van der Waals surface area contributed by atoms with Crippen LogP contribution in [0.4, 0.5) is 27.6 Å². The molecule has 3 rings (SSSR count). The molecule has 0 aromatic heterocycles. The average Bonchev–Trinajstić information content (AvgIpc) is 2.79. The van der Waals surface area contributed by atoms with Gasteiger partial charge in [-0.15, -0.1) is 0 Å². The van der Waals surface area contributed by atoms with E-state index in [1.165, 1.54) is 25.1 Å². The Morgan fingerprint density at radius 2 is 1.52 bits per heavy atom. The lowest BCUT2D eigenvalue weighted by molar-refractivity contribution is 0.202. The Balaban J connectivity index is 2.12. The monoisotopic (exact) mass is 477 g/mol. The van der Waals surface area contributed by atoms with Gasteiger partial charge in [-0.3, -0.25) is 0 Å². The number of nitrogen functional groups attached to an aromatic ring is 1. The lowest BCUT2D eigenvalue weighted by Gasteiger charge is -2.19. The molecule has 4 nitrogen and oxygen atoms in total. The van der Waals surface area contributed by atoms with Crippen molar-refractivity contribution in [1.82, 2.24) is 0 Å². The average molecular weight is 477 g/mol. The molecular formula is C23H16F5N3OS. The second-order valence-corrected chi connectivity index (χ2v) is 7.98. The number of thioether (sulfide) groups is 1. The van der Waals surface area contributed by atoms with E-state index in [9.17, 15) is 32.3 Å². The summed E-state index contributed by atoms with van der Waals surface area (Å²) in [6.45, 7) is 1.42. The van der Waals surface area contributed by atoms with Gasteiger partial charge in [-0.25, -0.2) is 22.0 Å². The van der Waals surface area contributed by atoms with Gasteiger partial charge in [0.05, 0.1) is 16.2 Å². The van der Waals surface area contributed by atoms with Gasteiger partial charge in [0.15, 0.2) is 23.3 Å². The summed E-state index contributed by atoms with van der Waals surface area (Å²) in [6.07, 6.45) is -2.20. The van der Waals surface area contributed by atoms with Crippen LogP contribution < -0.4 is 11.5 Å². The number of nitrogens with zero attached hydrogens (tertiary/aromatic N) is 1. The van der Waals surface area contributed by atoms with Crippen molar-refractivity contribution in [2.24, 2.45) is 5.73 Å². The minimum atomic E-state index is -2.33. The molecule has 170 valence electrons. The summed E-state index contributed by atoms with van der Waals surface area (Å²) >= 11 is 1.01. The molecule has 1 atom stereocenters. The molecule has 3 aromatic rings. The third-order valence-corrected chi connectivity index (χ3v) is 5.97. The number of halogens is 5. The molecule has 0 amide bonds. The Bertz CT molecular complexity index is 1290. The number of para-hydroxylation sites is 1. The van der Waals surface area contributed by atoms with Crippen LogP contribution in [0.5, 0.6) is 0 Å². The maximum atomic E-state index is 14.2. The van der Waals surface area contributed by atoms with Crippen molar-refractivity contribution in [3.63, 3.8) is 0 Å². The zero-order valence-electron chi connectivity index (χ0n) is 17.0. The molecule has 0 bridgehead atoms. The number of aliphatic hydroxyl groups excluding tert-OH is 1. The standard InChI is InChI=1S/C23H16F5N3OS/c1-10-11(13(9-29)23(31)33-15-8-3-2-7-14(15)30)5-4-6-12(10)22(32)16-17(24)19(26)21(28)20(27)18(16)25/h2-8,22,32H,30-31H2,1H3/b23-13+.